The molecule has 0 saturated carbocycles. The van der Waals surface area contributed by atoms with Crippen molar-refractivity contribution in [3.05, 3.63) is 18.5 Å². The first-order valence-electron chi connectivity index (χ1n) is 4.91. The number of aromatic nitrogens is 1. The van der Waals surface area contributed by atoms with Crippen molar-refractivity contribution >= 4 is 16.5 Å². The van der Waals surface area contributed by atoms with E-state index in [2.05, 4.69) is 4.98 Å². The van der Waals surface area contributed by atoms with Crippen LogP contribution in [0.1, 0.15) is 13.3 Å². The van der Waals surface area contributed by atoms with E-state index < -0.39 is 10.8 Å². The van der Waals surface area contributed by atoms with E-state index in [1.165, 1.54) is 6.20 Å². The van der Waals surface area contributed by atoms with Crippen LogP contribution in [0.3, 0.4) is 0 Å². The summed E-state index contributed by atoms with van der Waals surface area (Å²) in [4.78, 5) is 4.52. The van der Waals surface area contributed by atoms with Gasteiger partial charge in [-0.05, 0) is 19.4 Å². The van der Waals surface area contributed by atoms with Gasteiger partial charge in [0.25, 0.3) is 0 Å². The van der Waals surface area contributed by atoms with Crippen molar-refractivity contribution < 1.29 is 8.95 Å². The normalized spacial score (nSPS) is 12.6. The van der Waals surface area contributed by atoms with Gasteiger partial charge in [-0.15, -0.1) is 0 Å². The minimum Gasteiger partial charge on any atom is -0.396 e. The van der Waals surface area contributed by atoms with Crippen LogP contribution in [0.15, 0.2) is 23.4 Å². The SMILES string of the molecule is CCOCCCS(=O)c1ccncc1N. The first-order chi connectivity index (χ1) is 7.25. The monoisotopic (exact) mass is 228 g/mol. The zero-order valence-electron chi connectivity index (χ0n) is 8.81. The van der Waals surface area contributed by atoms with Gasteiger partial charge in [-0.25, -0.2) is 0 Å². The number of hydrogen-bond acceptors (Lipinski definition) is 4. The number of nitrogens with zero attached hydrogens (tertiary/aromatic N) is 1. The summed E-state index contributed by atoms with van der Waals surface area (Å²) in [5, 5.41) is 0. The summed E-state index contributed by atoms with van der Waals surface area (Å²) in [5.41, 5.74) is 6.16. The Hall–Kier alpha value is -0.940. The molecule has 0 spiro atoms. The van der Waals surface area contributed by atoms with Gasteiger partial charge in [0.05, 0.1) is 27.6 Å². The molecule has 0 aliphatic rings. The van der Waals surface area contributed by atoms with Crippen LogP contribution < -0.4 is 5.73 Å². The number of rotatable bonds is 6. The molecule has 0 radical (unpaired) electrons. The molecule has 2 N–H and O–H groups in total. The largest absolute Gasteiger partial charge is 0.396 e. The maximum atomic E-state index is 11.8. The Morgan fingerprint density at radius 1 is 1.60 bits per heavy atom. The number of ether oxygens (including phenoxy) is 1. The van der Waals surface area contributed by atoms with E-state index in [1.54, 1.807) is 12.3 Å². The zero-order valence-corrected chi connectivity index (χ0v) is 9.63. The highest BCUT2D eigenvalue weighted by Gasteiger charge is 2.06. The van der Waals surface area contributed by atoms with Crippen molar-refractivity contribution in [3.63, 3.8) is 0 Å². The van der Waals surface area contributed by atoms with Crippen molar-refractivity contribution in [2.24, 2.45) is 0 Å². The maximum Gasteiger partial charge on any atom is 0.0664 e. The summed E-state index contributed by atoms with van der Waals surface area (Å²) in [6.45, 7) is 3.29. The Kier molecular flexibility index (Phi) is 5.28. The third-order valence-corrected chi connectivity index (χ3v) is 3.40. The van der Waals surface area contributed by atoms with Crippen LogP contribution >= 0.6 is 0 Å². The van der Waals surface area contributed by atoms with Crippen LogP contribution in [0, 0.1) is 0 Å². The fourth-order valence-corrected chi connectivity index (χ4v) is 2.28. The van der Waals surface area contributed by atoms with E-state index in [0.717, 1.165) is 6.42 Å². The highest BCUT2D eigenvalue weighted by Crippen LogP contribution is 2.14. The molecule has 0 bridgehead atoms. The fourth-order valence-electron chi connectivity index (χ4n) is 1.15. The molecule has 1 aromatic rings. The summed E-state index contributed by atoms with van der Waals surface area (Å²) in [6, 6.07) is 1.70. The second-order valence-corrected chi connectivity index (χ2v) is 4.55. The van der Waals surface area contributed by atoms with E-state index in [-0.39, 0.29) is 0 Å². The first kappa shape index (κ1) is 12.1. The van der Waals surface area contributed by atoms with Crippen LogP contribution in [0.4, 0.5) is 5.69 Å². The Labute approximate surface area is 92.3 Å². The third-order valence-electron chi connectivity index (χ3n) is 1.88. The van der Waals surface area contributed by atoms with E-state index in [9.17, 15) is 4.21 Å². The number of pyridine rings is 1. The summed E-state index contributed by atoms with van der Waals surface area (Å²) in [7, 11) is -1.04. The van der Waals surface area contributed by atoms with Crippen molar-refractivity contribution in [2.45, 2.75) is 18.2 Å². The Morgan fingerprint density at radius 3 is 3.07 bits per heavy atom. The molecule has 0 aromatic carbocycles. The Balaban J connectivity index is 2.44. The molecule has 1 rings (SSSR count). The van der Waals surface area contributed by atoms with Gasteiger partial charge in [0, 0.05) is 25.2 Å². The lowest BCUT2D eigenvalue weighted by Crippen LogP contribution is -2.05. The van der Waals surface area contributed by atoms with Gasteiger partial charge < -0.3 is 10.5 Å². The van der Waals surface area contributed by atoms with Crippen LogP contribution in [-0.2, 0) is 15.5 Å². The van der Waals surface area contributed by atoms with Crippen LogP contribution in [0.2, 0.25) is 0 Å². The van der Waals surface area contributed by atoms with Crippen molar-refractivity contribution in [1.82, 2.24) is 4.98 Å². The van der Waals surface area contributed by atoms with Gasteiger partial charge in [-0.3, -0.25) is 9.19 Å². The van der Waals surface area contributed by atoms with Crippen molar-refractivity contribution in [1.29, 1.82) is 0 Å². The summed E-state index contributed by atoms with van der Waals surface area (Å²) in [5.74, 6) is 0.578. The molecule has 0 fully saturated rings. The van der Waals surface area contributed by atoms with Gasteiger partial charge in [-0.2, -0.15) is 0 Å². The van der Waals surface area contributed by atoms with E-state index >= 15 is 0 Å². The molecule has 15 heavy (non-hydrogen) atoms. The molecular weight excluding hydrogens is 212 g/mol. The predicted molar refractivity (Wildman–Crippen MR) is 61.0 cm³/mol. The molecule has 0 aliphatic heterocycles. The van der Waals surface area contributed by atoms with Crippen LogP contribution in [0.25, 0.3) is 0 Å². The zero-order chi connectivity index (χ0) is 11.1. The maximum absolute atomic E-state index is 11.8. The molecule has 1 unspecified atom stereocenters. The van der Waals surface area contributed by atoms with Crippen LogP contribution in [-0.4, -0.2) is 28.2 Å². The molecule has 5 heteroatoms. The van der Waals surface area contributed by atoms with Gasteiger partial charge in [0.15, 0.2) is 0 Å². The van der Waals surface area contributed by atoms with Crippen LogP contribution in [0.5, 0.6) is 0 Å². The average Bonchev–Trinajstić information content (AvgIpc) is 2.25. The smallest absolute Gasteiger partial charge is 0.0664 e. The molecular formula is C10H16N2O2S. The predicted octanol–water partition coefficient (Wildman–Crippen LogP) is 1.20. The lowest BCUT2D eigenvalue weighted by atomic mass is 10.4. The van der Waals surface area contributed by atoms with Gasteiger partial charge in [-0.1, -0.05) is 0 Å². The van der Waals surface area contributed by atoms with Gasteiger partial charge in [0.1, 0.15) is 0 Å². The summed E-state index contributed by atoms with van der Waals surface area (Å²) < 4.78 is 16.9. The number of nitrogen functional groups attached to an aromatic ring is 1. The standard InChI is InChI=1S/C10H16N2O2S/c1-2-14-6-3-7-15(13)10-4-5-12-8-9(10)11/h4-5,8H,2-3,6-7,11H2,1H3. The summed E-state index contributed by atoms with van der Waals surface area (Å²) >= 11 is 0. The number of hydrogen-bond donors (Lipinski definition) is 1. The number of nitrogens with two attached hydrogens (primary N) is 1. The third kappa shape index (κ3) is 3.97. The highest BCUT2D eigenvalue weighted by atomic mass is 32.2. The number of anilines is 1. The average molecular weight is 228 g/mol. The quantitative estimate of drug-likeness (QED) is 0.743. The minimum atomic E-state index is -1.04. The molecule has 1 aromatic heterocycles. The second-order valence-electron chi connectivity index (χ2n) is 3.01. The van der Waals surface area contributed by atoms with Gasteiger partial charge in [0.2, 0.25) is 0 Å². The molecule has 1 atom stereocenters. The van der Waals surface area contributed by atoms with Crippen molar-refractivity contribution in [3.8, 4) is 0 Å². The fraction of sp³-hybridized carbons (Fsp3) is 0.500. The molecule has 0 saturated heterocycles. The molecule has 84 valence electrons. The van der Waals surface area contributed by atoms with E-state index in [0.29, 0.717) is 29.5 Å². The van der Waals surface area contributed by atoms with Crippen molar-refractivity contribution in [2.75, 3.05) is 24.7 Å². The van der Waals surface area contributed by atoms with Gasteiger partial charge >= 0.3 is 0 Å². The lowest BCUT2D eigenvalue weighted by Gasteiger charge is -2.04. The molecule has 4 nitrogen and oxygen atoms in total. The Morgan fingerprint density at radius 2 is 2.40 bits per heavy atom. The molecule has 0 amide bonds. The highest BCUT2D eigenvalue weighted by molar-refractivity contribution is 7.85. The Bertz CT molecular complexity index is 331. The molecule has 0 aliphatic carbocycles. The lowest BCUT2D eigenvalue weighted by molar-refractivity contribution is 0.149. The minimum absolute atomic E-state index is 0.493. The summed E-state index contributed by atoms with van der Waals surface area (Å²) in [6.07, 6.45) is 3.91. The van der Waals surface area contributed by atoms with E-state index in [1.807, 2.05) is 6.92 Å². The first-order valence-corrected chi connectivity index (χ1v) is 6.23. The topological polar surface area (TPSA) is 65.2 Å². The molecule has 1 heterocycles. The second kappa shape index (κ2) is 6.53. The van der Waals surface area contributed by atoms with E-state index in [4.69, 9.17) is 10.5 Å².